The number of nitrogens with zero attached hydrogens (tertiary/aromatic N) is 20. The Morgan fingerprint density at radius 2 is 0.547 bits per heavy atom. The zero-order chi connectivity index (χ0) is 100. The van der Waals surface area contributed by atoms with Crippen molar-refractivity contribution in [1.29, 1.82) is 0 Å². The van der Waals surface area contributed by atoms with Gasteiger partial charge in [-0.1, -0.05) is 223 Å². The molecule has 28 rings (SSSR count). The summed E-state index contributed by atoms with van der Waals surface area (Å²) in [4.78, 5) is 75.8. The Balaban J connectivity index is 0.000000104. The van der Waals surface area contributed by atoms with Crippen LogP contribution in [0.3, 0.4) is 0 Å². The molecule has 0 N–H and O–H groups in total. The second-order valence-corrected chi connectivity index (χ2v) is 36.4. The van der Waals surface area contributed by atoms with Gasteiger partial charge in [0, 0.05) is 145 Å². The summed E-state index contributed by atoms with van der Waals surface area (Å²) in [6.07, 6.45) is 25.8. The van der Waals surface area contributed by atoms with Crippen molar-refractivity contribution in [3.63, 3.8) is 0 Å². The Morgan fingerprint density at radius 3 is 1.18 bits per heavy atom. The van der Waals surface area contributed by atoms with Crippen LogP contribution in [-0.2, 0) is 0 Å². The summed E-state index contributed by atoms with van der Waals surface area (Å²) in [5.41, 5.74) is 35.3. The normalized spacial score (nSPS) is 11.3. The standard InChI is InChI=1S/2C33H23N5.2C32H21N5/c1-22-11-13-23(14-12-22)25-20-28(24-15-18-34-19-16-24)36-29(21-25)27-7-4-10-32(37-27)38-30-8-3-2-6-26(30)33-31(38)9-5-17-35-33;1-22-14-16-23(17-15-22)29-20-24(21-30(36-29)28-10-4-5-18-34-28)27-11-6-13-32(37-27)38-31-12-3-2-8-25(31)26-9-7-19-35-33(26)38;1-2-9-22(10-3-1)23-19-28(26-12-6-7-17-34-26)35-29(20-23)27-13-8-15-32(36-27)37-30-14-5-4-11-24(30)25-21-33-18-16-31(25)37;1-2-7-22(8-3-1)29-16-24(17-30(36-29)23-9-6-13-33-18-23)25-15-26(20-35-19-25)37-31-11-5-4-10-27(31)28-12-14-34-21-32(28)37/h2*2-21H,1H3;2*1-21H. The molecule has 0 saturated heterocycles. The van der Waals surface area contributed by atoms with Gasteiger partial charge in [0.1, 0.15) is 23.1 Å². The molecular formula is C130H88N20. The molecule has 0 aliphatic rings. The molecule has 0 aliphatic carbocycles. The molecule has 20 nitrogen and oxygen atoms in total. The molecule has 0 unspecified atom stereocenters. The monoisotopic (exact) mass is 1930 g/mol. The van der Waals surface area contributed by atoms with Crippen LogP contribution in [0.25, 0.3) is 246 Å². The number of hydrogen-bond acceptors (Lipinski definition) is 16. The van der Waals surface area contributed by atoms with Crippen LogP contribution in [0.5, 0.6) is 0 Å². The fourth-order valence-corrected chi connectivity index (χ4v) is 19.7. The highest BCUT2D eigenvalue weighted by atomic mass is 15.1. The number of para-hydroxylation sites is 4. The van der Waals surface area contributed by atoms with Crippen molar-refractivity contribution in [2.24, 2.45) is 0 Å². The van der Waals surface area contributed by atoms with Gasteiger partial charge >= 0.3 is 0 Å². The SMILES string of the molecule is Cc1ccc(-c2cc(-c3cccc(-n4c5ccccc5c5cccnc54)n3)cc(-c3ccccn3)n2)cc1.Cc1ccc(-c2cc(-c3ccncc3)nc(-c3cccc(-n4c5ccccc5c5ncccc54)n3)c2)cc1.c1ccc(-c2cc(-c3ccccn3)nc(-c3cccc(-n4c5ccccc5c5cnccc54)n3)c2)cc1.c1ccc(-c2cc(-c3cncc(-n4c5ccccc5c5ccncc54)c3)cc(-c3cccnc3)n2)cc1. The molecule has 150 heavy (non-hydrogen) atoms. The first kappa shape index (κ1) is 90.6. The molecule has 8 aromatic carbocycles. The molecule has 0 fully saturated rings. The van der Waals surface area contributed by atoms with Gasteiger partial charge in [-0.3, -0.25) is 53.6 Å². The third-order valence-electron chi connectivity index (χ3n) is 26.8. The molecule has 0 spiro atoms. The lowest BCUT2D eigenvalue weighted by molar-refractivity contribution is 1.06. The van der Waals surface area contributed by atoms with E-state index >= 15 is 0 Å². The van der Waals surface area contributed by atoms with E-state index in [1.807, 2.05) is 232 Å². The topological polar surface area (TPSA) is 226 Å². The van der Waals surface area contributed by atoms with Crippen LogP contribution in [0.15, 0.2) is 499 Å². The van der Waals surface area contributed by atoms with Crippen molar-refractivity contribution in [2.75, 3.05) is 0 Å². The van der Waals surface area contributed by atoms with Gasteiger partial charge in [0.15, 0.2) is 0 Å². The van der Waals surface area contributed by atoms with Crippen LogP contribution in [0.4, 0.5) is 0 Å². The summed E-state index contributed by atoms with van der Waals surface area (Å²) in [7, 11) is 0. The molecule has 28 aromatic rings. The highest BCUT2D eigenvalue weighted by Crippen LogP contribution is 2.42. The van der Waals surface area contributed by atoms with Crippen LogP contribution >= 0.6 is 0 Å². The average molecular weight is 1930 g/mol. The maximum absolute atomic E-state index is 5.14. The van der Waals surface area contributed by atoms with Gasteiger partial charge in [-0.2, -0.15) is 0 Å². The van der Waals surface area contributed by atoms with Gasteiger partial charge in [-0.15, -0.1) is 0 Å². The quantitative estimate of drug-likeness (QED) is 0.0876. The van der Waals surface area contributed by atoms with E-state index < -0.39 is 0 Å². The first-order valence-corrected chi connectivity index (χ1v) is 49.4. The van der Waals surface area contributed by atoms with Crippen molar-refractivity contribution in [1.82, 2.24) is 98.0 Å². The maximum Gasteiger partial charge on any atom is 0.146 e. The number of rotatable bonds is 16. The summed E-state index contributed by atoms with van der Waals surface area (Å²) in [6.45, 7) is 4.19. The maximum atomic E-state index is 5.14. The molecule has 0 radical (unpaired) electrons. The smallest absolute Gasteiger partial charge is 0.146 e. The van der Waals surface area contributed by atoms with Crippen LogP contribution in [0.2, 0.25) is 0 Å². The molecule has 0 amide bonds. The highest BCUT2D eigenvalue weighted by Gasteiger charge is 2.24. The molecular weight excluding hydrogens is 1840 g/mol. The summed E-state index contributed by atoms with van der Waals surface area (Å²) >= 11 is 0. The Hall–Kier alpha value is -20.6. The predicted octanol–water partition coefficient (Wildman–Crippen LogP) is 30.1. The second-order valence-electron chi connectivity index (χ2n) is 36.4. The van der Waals surface area contributed by atoms with Crippen molar-refractivity contribution >= 4 is 87.5 Å². The lowest BCUT2D eigenvalue weighted by Crippen LogP contribution is -2.00. The summed E-state index contributed by atoms with van der Waals surface area (Å²) in [5, 5.41) is 8.00. The van der Waals surface area contributed by atoms with E-state index in [2.05, 4.69) is 309 Å². The minimum absolute atomic E-state index is 0.797. The Labute approximate surface area is 862 Å². The lowest BCUT2D eigenvalue weighted by Gasteiger charge is -2.12. The van der Waals surface area contributed by atoms with Crippen molar-refractivity contribution < 1.29 is 0 Å². The summed E-state index contributed by atoms with van der Waals surface area (Å²) < 4.78 is 8.73. The number of pyridine rings is 16. The van der Waals surface area contributed by atoms with E-state index in [-0.39, 0.29) is 0 Å². The van der Waals surface area contributed by atoms with Gasteiger partial charge < -0.3 is 4.57 Å². The second kappa shape index (κ2) is 40.3. The van der Waals surface area contributed by atoms with Crippen LogP contribution in [0.1, 0.15) is 11.1 Å². The van der Waals surface area contributed by atoms with E-state index in [9.17, 15) is 0 Å². The average Bonchev–Trinajstić information content (AvgIpc) is 1.61. The largest absolute Gasteiger partial charge is 0.306 e. The van der Waals surface area contributed by atoms with E-state index in [0.29, 0.717) is 0 Å². The molecule has 0 atom stereocenters. The zero-order valence-electron chi connectivity index (χ0n) is 81.3. The molecule has 708 valence electrons. The van der Waals surface area contributed by atoms with Gasteiger partial charge in [0.05, 0.1) is 136 Å². The number of fused-ring (bicyclic) bond motifs is 12. The third kappa shape index (κ3) is 18.1. The van der Waals surface area contributed by atoms with Gasteiger partial charge in [0.2, 0.25) is 0 Å². The number of hydrogen-bond donors (Lipinski definition) is 0. The van der Waals surface area contributed by atoms with Crippen LogP contribution in [-0.4, -0.2) is 98.0 Å². The number of benzene rings is 8. The van der Waals surface area contributed by atoms with Crippen LogP contribution < -0.4 is 0 Å². The fourth-order valence-electron chi connectivity index (χ4n) is 19.7. The lowest BCUT2D eigenvalue weighted by atomic mass is 10.0. The van der Waals surface area contributed by atoms with E-state index in [0.717, 1.165) is 235 Å². The minimum Gasteiger partial charge on any atom is -0.306 e. The number of aryl methyl sites for hydroxylation is 2. The first-order valence-electron chi connectivity index (χ1n) is 49.4. The van der Waals surface area contributed by atoms with Gasteiger partial charge in [-0.25, -0.2) is 39.9 Å². The van der Waals surface area contributed by atoms with Gasteiger partial charge in [0.25, 0.3) is 0 Å². The Bertz CT molecular complexity index is 8960. The summed E-state index contributed by atoms with van der Waals surface area (Å²) in [5.74, 6) is 2.48. The number of aromatic nitrogens is 20. The zero-order valence-corrected chi connectivity index (χ0v) is 81.3. The molecule has 0 bridgehead atoms. The first-order chi connectivity index (χ1) is 74.2. The fraction of sp³-hybridized carbons (Fsp3) is 0.0154. The predicted molar refractivity (Wildman–Crippen MR) is 603 cm³/mol. The Kier molecular flexibility index (Phi) is 24.3. The van der Waals surface area contributed by atoms with Crippen molar-refractivity contribution in [2.45, 2.75) is 13.8 Å². The van der Waals surface area contributed by atoms with Gasteiger partial charge in [-0.05, 0) is 242 Å². The van der Waals surface area contributed by atoms with E-state index in [1.165, 1.54) is 21.9 Å². The molecule has 20 heteroatoms. The van der Waals surface area contributed by atoms with Crippen molar-refractivity contribution in [3.8, 4) is 158 Å². The molecule has 0 saturated carbocycles. The molecule has 20 heterocycles. The van der Waals surface area contributed by atoms with E-state index in [1.54, 1.807) is 31.0 Å². The minimum atomic E-state index is 0.797. The molecule has 20 aromatic heterocycles. The Morgan fingerprint density at radius 1 is 0.160 bits per heavy atom. The van der Waals surface area contributed by atoms with E-state index in [4.69, 9.17) is 39.9 Å². The third-order valence-corrected chi connectivity index (χ3v) is 26.8. The molecule has 0 aliphatic heterocycles. The summed E-state index contributed by atoms with van der Waals surface area (Å²) in [6, 6.07) is 140. The highest BCUT2D eigenvalue weighted by molar-refractivity contribution is 6.11. The van der Waals surface area contributed by atoms with Crippen molar-refractivity contribution in [3.05, 3.63) is 510 Å². The van der Waals surface area contributed by atoms with Crippen LogP contribution in [0, 0.1) is 13.8 Å².